The maximum Gasteiger partial charge on any atom is 0.414 e. The third-order valence-corrected chi connectivity index (χ3v) is 2.33. The molecule has 2 unspecified atom stereocenters. The van der Waals surface area contributed by atoms with Crippen LogP contribution in [0, 0.1) is 0 Å². The molecule has 0 fully saturated rings. The van der Waals surface area contributed by atoms with Crippen LogP contribution in [-0.2, 0) is 4.74 Å². The number of alkyl halides is 3. The van der Waals surface area contributed by atoms with Crippen molar-refractivity contribution in [2.75, 3.05) is 13.2 Å². The van der Waals surface area contributed by atoms with E-state index in [-0.39, 0.29) is 12.6 Å². The smallest absolute Gasteiger partial charge is 0.367 e. The van der Waals surface area contributed by atoms with Gasteiger partial charge in [0.1, 0.15) is 0 Å². The minimum absolute atomic E-state index is 0.0229. The summed E-state index contributed by atoms with van der Waals surface area (Å²) >= 11 is 0. The molecule has 0 heterocycles. The highest BCUT2D eigenvalue weighted by Crippen LogP contribution is 2.22. The number of hydrogen-bond acceptors (Lipinski definition) is 2. The van der Waals surface area contributed by atoms with E-state index in [4.69, 9.17) is 4.74 Å². The monoisotopic (exact) mass is 241 g/mol. The molecule has 0 rings (SSSR count). The Morgan fingerprint density at radius 1 is 1.19 bits per heavy atom. The van der Waals surface area contributed by atoms with E-state index in [1.54, 1.807) is 0 Å². The van der Waals surface area contributed by atoms with Crippen LogP contribution in [-0.4, -0.2) is 31.5 Å². The number of hydrogen-bond donors (Lipinski definition) is 1. The van der Waals surface area contributed by atoms with E-state index in [1.807, 2.05) is 13.8 Å². The van der Waals surface area contributed by atoms with E-state index in [2.05, 4.69) is 5.32 Å². The van der Waals surface area contributed by atoms with Crippen LogP contribution in [0.15, 0.2) is 0 Å². The normalized spacial score (nSPS) is 16.1. The van der Waals surface area contributed by atoms with Gasteiger partial charge in [-0.25, -0.2) is 0 Å². The molecule has 2 nitrogen and oxygen atoms in total. The summed E-state index contributed by atoms with van der Waals surface area (Å²) in [6, 6.07) is 0.0229. The molecule has 0 aromatic rings. The predicted octanol–water partition coefficient (Wildman–Crippen LogP) is 3.12. The molecule has 0 aliphatic heterocycles. The summed E-state index contributed by atoms with van der Waals surface area (Å²) in [6.45, 7) is 6.01. The van der Waals surface area contributed by atoms with Gasteiger partial charge in [-0.15, -0.1) is 0 Å². The highest BCUT2D eigenvalue weighted by molar-refractivity contribution is 4.68. The Bertz CT molecular complexity index is 173. The first-order valence-electron chi connectivity index (χ1n) is 5.83. The van der Waals surface area contributed by atoms with Gasteiger partial charge in [0.15, 0.2) is 6.10 Å². The van der Waals surface area contributed by atoms with Crippen molar-refractivity contribution in [3.8, 4) is 0 Å². The van der Waals surface area contributed by atoms with Gasteiger partial charge in [-0.1, -0.05) is 20.3 Å². The fourth-order valence-corrected chi connectivity index (χ4v) is 1.30. The Labute approximate surface area is 95.5 Å². The third kappa shape index (κ3) is 7.06. The standard InChI is InChI=1S/C11H22F3NO/c1-4-6-10(15-7-5-2)8-16-9(3)11(12,13)14/h9-10,15H,4-8H2,1-3H3. The minimum atomic E-state index is -4.26. The van der Waals surface area contributed by atoms with Crippen LogP contribution in [0.4, 0.5) is 13.2 Å². The van der Waals surface area contributed by atoms with Crippen molar-refractivity contribution in [2.24, 2.45) is 0 Å². The molecule has 0 saturated heterocycles. The van der Waals surface area contributed by atoms with Crippen LogP contribution in [0.2, 0.25) is 0 Å². The quantitative estimate of drug-likeness (QED) is 0.705. The zero-order valence-electron chi connectivity index (χ0n) is 10.2. The number of halogens is 3. The van der Waals surface area contributed by atoms with E-state index in [1.165, 1.54) is 0 Å². The zero-order chi connectivity index (χ0) is 12.6. The van der Waals surface area contributed by atoms with Crippen molar-refractivity contribution in [3.63, 3.8) is 0 Å². The minimum Gasteiger partial charge on any atom is -0.367 e. The van der Waals surface area contributed by atoms with Crippen molar-refractivity contribution >= 4 is 0 Å². The van der Waals surface area contributed by atoms with Gasteiger partial charge in [-0.3, -0.25) is 0 Å². The molecule has 2 atom stereocenters. The van der Waals surface area contributed by atoms with E-state index in [9.17, 15) is 13.2 Å². The van der Waals surface area contributed by atoms with Crippen LogP contribution >= 0.6 is 0 Å². The molecule has 0 radical (unpaired) electrons. The molecular weight excluding hydrogens is 219 g/mol. The Morgan fingerprint density at radius 2 is 1.81 bits per heavy atom. The van der Waals surface area contributed by atoms with Gasteiger partial charge in [0.2, 0.25) is 0 Å². The molecule has 0 spiro atoms. The van der Waals surface area contributed by atoms with Crippen LogP contribution in [0.3, 0.4) is 0 Å². The van der Waals surface area contributed by atoms with Crippen LogP contribution in [0.25, 0.3) is 0 Å². The van der Waals surface area contributed by atoms with Crippen LogP contribution in [0.5, 0.6) is 0 Å². The number of nitrogens with one attached hydrogen (secondary N) is 1. The summed E-state index contributed by atoms with van der Waals surface area (Å²) < 4.78 is 41.4. The van der Waals surface area contributed by atoms with E-state index < -0.39 is 12.3 Å². The summed E-state index contributed by atoms with van der Waals surface area (Å²) in [4.78, 5) is 0. The fraction of sp³-hybridized carbons (Fsp3) is 1.00. The van der Waals surface area contributed by atoms with Crippen molar-refractivity contribution in [1.82, 2.24) is 5.32 Å². The van der Waals surface area contributed by atoms with Gasteiger partial charge in [0, 0.05) is 6.04 Å². The van der Waals surface area contributed by atoms with Crippen LogP contribution in [0.1, 0.15) is 40.0 Å². The van der Waals surface area contributed by atoms with Crippen molar-refractivity contribution < 1.29 is 17.9 Å². The molecule has 0 amide bonds. The molecule has 0 aromatic carbocycles. The first-order chi connectivity index (χ1) is 7.41. The molecular formula is C11H22F3NO. The average molecular weight is 241 g/mol. The first kappa shape index (κ1) is 15.7. The van der Waals surface area contributed by atoms with Gasteiger partial charge >= 0.3 is 6.18 Å². The topological polar surface area (TPSA) is 21.3 Å². The fourth-order valence-electron chi connectivity index (χ4n) is 1.30. The Morgan fingerprint density at radius 3 is 2.25 bits per heavy atom. The molecule has 5 heteroatoms. The van der Waals surface area contributed by atoms with E-state index in [0.717, 1.165) is 32.7 Å². The summed E-state index contributed by atoms with van der Waals surface area (Å²) in [7, 11) is 0. The molecule has 0 aromatic heterocycles. The van der Waals surface area contributed by atoms with Gasteiger partial charge in [-0.2, -0.15) is 13.2 Å². The summed E-state index contributed by atoms with van der Waals surface area (Å²) in [6.07, 6.45) is -3.21. The Balaban J connectivity index is 3.91. The highest BCUT2D eigenvalue weighted by Gasteiger charge is 2.37. The average Bonchev–Trinajstić information content (AvgIpc) is 2.20. The molecule has 0 aliphatic rings. The summed E-state index contributed by atoms with van der Waals surface area (Å²) in [5.41, 5.74) is 0. The SMILES string of the molecule is CCCNC(CCC)COC(C)C(F)(F)F. The van der Waals surface area contributed by atoms with Crippen LogP contribution < -0.4 is 5.32 Å². The first-order valence-corrected chi connectivity index (χ1v) is 5.83. The molecule has 1 N–H and O–H groups in total. The molecule has 98 valence electrons. The Kier molecular flexibility index (Phi) is 7.76. The van der Waals surface area contributed by atoms with Crippen molar-refractivity contribution in [2.45, 2.75) is 58.4 Å². The maximum atomic E-state index is 12.2. The van der Waals surface area contributed by atoms with Gasteiger partial charge in [-0.05, 0) is 26.3 Å². The zero-order valence-corrected chi connectivity index (χ0v) is 10.2. The van der Waals surface area contributed by atoms with Gasteiger partial charge < -0.3 is 10.1 Å². The molecule has 0 saturated carbocycles. The van der Waals surface area contributed by atoms with Gasteiger partial charge in [0.05, 0.1) is 6.61 Å². The van der Waals surface area contributed by atoms with E-state index >= 15 is 0 Å². The lowest BCUT2D eigenvalue weighted by Gasteiger charge is -2.22. The van der Waals surface area contributed by atoms with Crippen molar-refractivity contribution in [1.29, 1.82) is 0 Å². The number of ether oxygens (including phenoxy) is 1. The largest absolute Gasteiger partial charge is 0.414 e. The van der Waals surface area contributed by atoms with E-state index in [0.29, 0.717) is 0 Å². The second-order valence-electron chi connectivity index (χ2n) is 3.96. The summed E-state index contributed by atoms with van der Waals surface area (Å²) in [5, 5.41) is 3.18. The lowest BCUT2D eigenvalue weighted by atomic mass is 10.2. The maximum absolute atomic E-state index is 12.2. The second-order valence-corrected chi connectivity index (χ2v) is 3.96. The summed E-state index contributed by atoms with van der Waals surface area (Å²) in [5.74, 6) is 0. The third-order valence-electron chi connectivity index (χ3n) is 2.33. The Hall–Kier alpha value is -0.290. The van der Waals surface area contributed by atoms with Gasteiger partial charge in [0.25, 0.3) is 0 Å². The molecule has 16 heavy (non-hydrogen) atoms. The highest BCUT2D eigenvalue weighted by atomic mass is 19.4. The predicted molar refractivity (Wildman–Crippen MR) is 58.5 cm³/mol. The second kappa shape index (κ2) is 7.90. The number of rotatable bonds is 8. The lowest BCUT2D eigenvalue weighted by molar-refractivity contribution is -0.215. The van der Waals surface area contributed by atoms with Crippen molar-refractivity contribution in [3.05, 3.63) is 0 Å². The molecule has 0 aliphatic carbocycles. The lowest BCUT2D eigenvalue weighted by Crippen LogP contribution is -2.38. The molecule has 0 bridgehead atoms.